The van der Waals surface area contributed by atoms with Gasteiger partial charge in [-0.15, -0.1) is 0 Å². The van der Waals surface area contributed by atoms with Gasteiger partial charge in [0.2, 0.25) is 0 Å². The molecule has 106 valence electrons. The van der Waals surface area contributed by atoms with Crippen molar-refractivity contribution >= 4 is 5.78 Å². The van der Waals surface area contributed by atoms with E-state index in [1.807, 2.05) is 32.2 Å². The Morgan fingerprint density at radius 2 is 2.16 bits per heavy atom. The summed E-state index contributed by atoms with van der Waals surface area (Å²) in [5.74, 6) is 0.950. The molecule has 1 rings (SSSR count). The van der Waals surface area contributed by atoms with Gasteiger partial charge in [-0.25, -0.2) is 0 Å². The number of ketones is 1. The van der Waals surface area contributed by atoms with E-state index in [1.165, 1.54) is 0 Å². The number of likely N-dealkylation sites (N-methyl/N-ethyl adjacent to an activating group) is 2. The molecular weight excluding hydrogens is 240 g/mol. The van der Waals surface area contributed by atoms with Crippen molar-refractivity contribution in [2.24, 2.45) is 0 Å². The molecular formula is C15H24N2O2. The summed E-state index contributed by atoms with van der Waals surface area (Å²) in [6.07, 6.45) is 0. The molecule has 19 heavy (non-hydrogen) atoms. The van der Waals surface area contributed by atoms with Crippen LogP contribution in [-0.2, 0) is 6.54 Å². The van der Waals surface area contributed by atoms with Gasteiger partial charge in [0.1, 0.15) is 5.75 Å². The highest BCUT2D eigenvalue weighted by molar-refractivity contribution is 5.94. The molecule has 4 nitrogen and oxygen atoms in total. The molecule has 0 fully saturated rings. The van der Waals surface area contributed by atoms with Crippen LogP contribution in [0.4, 0.5) is 0 Å². The van der Waals surface area contributed by atoms with Gasteiger partial charge in [-0.3, -0.25) is 4.79 Å². The summed E-state index contributed by atoms with van der Waals surface area (Å²) in [6, 6.07) is 5.65. The Balaban J connectivity index is 2.87. The number of nitrogens with zero attached hydrogens (tertiary/aromatic N) is 1. The van der Waals surface area contributed by atoms with E-state index in [0.29, 0.717) is 6.61 Å². The van der Waals surface area contributed by atoms with Gasteiger partial charge in [-0.2, -0.15) is 0 Å². The van der Waals surface area contributed by atoms with Crippen LogP contribution < -0.4 is 10.1 Å². The highest BCUT2D eigenvalue weighted by Crippen LogP contribution is 2.22. The normalized spacial score (nSPS) is 10.8. The van der Waals surface area contributed by atoms with Gasteiger partial charge in [0, 0.05) is 30.8 Å². The van der Waals surface area contributed by atoms with Crippen molar-refractivity contribution in [3.63, 3.8) is 0 Å². The minimum atomic E-state index is 0.0853. The lowest BCUT2D eigenvalue weighted by molar-refractivity contribution is 0.101. The molecule has 1 N–H and O–H groups in total. The molecule has 0 atom stereocenters. The van der Waals surface area contributed by atoms with Gasteiger partial charge in [0.05, 0.1) is 6.61 Å². The van der Waals surface area contributed by atoms with Crippen molar-refractivity contribution in [3.8, 4) is 5.75 Å². The summed E-state index contributed by atoms with van der Waals surface area (Å²) < 4.78 is 5.62. The molecule has 0 aliphatic carbocycles. The SMILES string of the molecule is CCOc1ccc(C(C)=O)cc1CN(C)CCNC. The Hall–Kier alpha value is -1.39. The van der Waals surface area contributed by atoms with Gasteiger partial charge in [0.25, 0.3) is 0 Å². The van der Waals surface area contributed by atoms with E-state index in [1.54, 1.807) is 6.92 Å². The summed E-state index contributed by atoms with van der Waals surface area (Å²) in [6.45, 7) is 6.85. The molecule has 0 aliphatic heterocycles. The van der Waals surface area contributed by atoms with E-state index in [-0.39, 0.29) is 5.78 Å². The van der Waals surface area contributed by atoms with Crippen LogP contribution in [0.15, 0.2) is 18.2 Å². The van der Waals surface area contributed by atoms with Crippen molar-refractivity contribution in [3.05, 3.63) is 29.3 Å². The summed E-state index contributed by atoms with van der Waals surface area (Å²) in [7, 11) is 4.00. The molecule has 1 aromatic rings. The number of ether oxygens (including phenoxy) is 1. The third-order valence-corrected chi connectivity index (χ3v) is 2.95. The molecule has 0 saturated heterocycles. The molecule has 0 aliphatic rings. The second-order valence-electron chi connectivity index (χ2n) is 4.65. The minimum Gasteiger partial charge on any atom is -0.494 e. The van der Waals surface area contributed by atoms with Crippen LogP contribution in [0.2, 0.25) is 0 Å². The quantitative estimate of drug-likeness (QED) is 0.729. The lowest BCUT2D eigenvalue weighted by Gasteiger charge is -2.19. The van der Waals surface area contributed by atoms with E-state index in [9.17, 15) is 4.79 Å². The maximum atomic E-state index is 11.5. The predicted molar refractivity (Wildman–Crippen MR) is 77.9 cm³/mol. The van der Waals surface area contributed by atoms with Crippen molar-refractivity contribution in [2.75, 3.05) is 33.8 Å². The summed E-state index contributed by atoms with van der Waals surface area (Å²) >= 11 is 0. The standard InChI is InChI=1S/C15H24N2O2/c1-5-19-15-7-6-13(12(2)18)10-14(15)11-17(4)9-8-16-3/h6-7,10,16H,5,8-9,11H2,1-4H3. The molecule has 4 heteroatoms. The maximum absolute atomic E-state index is 11.5. The number of rotatable bonds is 8. The highest BCUT2D eigenvalue weighted by atomic mass is 16.5. The minimum absolute atomic E-state index is 0.0853. The number of hydrogen-bond donors (Lipinski definition) is 1. The number of carbonyl (C=O) groups is 1. The Morgan fingerprint density at radius 3 is 2.74 bits per heavy atom. The zero-order valence-electron chi connectivity index (χ0n) is 12.3. The Labute approximate surface area is 115 Å². The zero-order valence-corrected chi connectivity index (χ0v) is 12.3. The average molecular weight is 264 g/mol. The van der Waals surface area contributed by atoms with E-state index in [0.717, 1.165) is 36.5 Å². The Kier molecular flexibility index (Phi) is 6.53. The molecule has 0 bridgehead atoms. The maximum Gasteiger partial charge on any atom is 0.159 e. The molecule has 0 aromatic heterocycles. The Morgan fingerprint density at radius 1 is 1.42 bits per heavy atom. The second kappa shape index (κ2) is 7.92. The van der Waals surface area contributed by atoms with Crippen LogP contribution in [-0.4, -0.2) is 44.5 Å². The highest BCUT2D eigenvalue weighted by Gasteiger charge is 2.09. The lowest BCUT2D eigenvalue weighted by atomic mass is 10.1. The van der Waals surface area contributed by atoms with Crippen LogP contribution in [0.3, 0.4) is 0 Å². The second-order valence-corrected chi connectivity index (χ2v) is 4.65. The van der Waals surface area contributed by atoms with Crippen molar-refractivity contribution in [2.45, 2.75) is 20.4 Å². The molecule has 0 unspecified atom stereocenters. The molecule has 0 heterocycles. The largest absolute Gasteiger partial charge is 0.494 e. The monoisotopic (exact) mass is 264 g/mol. The number of hydrogen-bond acceptors (Lipinski definition) is 4. The van der Waals surface area contributed by atoms with Crippen LogP contribution in [0.25, 0.3) is 0 Å². The fraction of sp³-hybridized carbons (Fsp3) is 0.533. The number of Topliss-reactive ketones (excluding diaryl/α,β-unsaturated/α-hetero) is 1. The number of nitrogens with one attached hydrogen (secondary N) is 1. The average Bonchev–Trinajstić information content (AvgIpc) is 2.38. The first-order valence-electron chi connectivity index (χ1n) is 6.68. The van der Waals surface area contributed by atoms with Gasteiger partial charge < -0.3 is 15.0 Å². The van der Waals surface area contributed by atoms with Crippen LogP contribution >= 0.6 is 0 Å². The summed E-state index contributed by atoms with van der Waals surface area (Å²) in [4.78, 5) is 13.7. The summed E-state index contributed by atoms with van der Waals surface area (Å²) in [5.41, 5.74) is 1.80. The predicted octanol–water partition coefficient (Wildman–Crippen LogP) is 1.94. The first-order valence-corrected chi connectivity index (χ1v) is 6.68. The molecule has 0 spiro atoms. The van der Waals surface area contributed by atoms with E-state index in [2.05, 4.69) is 17.3 Å². The number of benzene rings is 1. The van der Waals surface area contributed by atoms with Gasteiger partial charge in [-0.1, -0.05) is 0 Å². The summed E-state index contributed by atoms with van der Waals surface area (Å²) in [5, 5.41) is 3.13. The lowest BCUT2D eigenvalue weighted by Crippen LogP contribution is -2.27. The molecule has 0 amide bonds. The van der Waals surface area contributed by atoms with Gasteiger partial charge >= 0.3 is 0 Å². The van der Waals surface area contributed by atoms with E-state index >= 15 is 0 Å². The third-order valence-electron chi connectivity index (χ3n) is 2.95. The van der Waals surface area contributed by atoms with Crippen molar-refractivity contribution in [1.82, 2.24) is 10.2 Å². The van der Waals surface area contributed by atoms with Crippen LogP contribution in [0, 0.1) is 0 Å². The molecule has 1 aromatic carbocycles. The topological polar surface area (TPSA) is 41.6 Å². The third kappa shape index (κ3) is 5.01. The fourth-order valence-electron chi connectivity index (χ4n) is 1.89. The van der Waals surface area contributed by atoms with Crippen LogP contribution in [0.1, 0.15) is 29.8 Å². The smallest absolute Gasteiger partial charge is 0.159 e. The molecule has 0 radical (unpaired) electrons. The van der Waals surface area contributed by atoms with Crippen LogP contribution in [0.5, 0.6) is 5.75 Å². The Bertz CT molecular complexity index is 419. The van der Waals surface area contributed by atoms with E-state index in [4.69, 9.17) is 4.74 Å². The number of carbonyl (C=O) groups excluding carboxylic acids is 1. The van der Waals surface area contributed by atoms with Crippen molar-refractivity contribution in [1.29, 1.82) is 0 Å². The van der Waals surface area contributed by atoms with Gasteiger partial charge in [0.15, 0.2) is 5.78 Å². The molecule has 0 saturated carbocycles. The van der Waals surface area contributed by atoms with E-state index < -0.39 is 0 Å². The van der Waals surface area contributed by atoms with Crippen molar-refractivity contribution < 1.29 is 9.53 Å². The fourth-order valence-corrected chi connectivity index (χ4v) is 1.89. The van der Waals surface area contributed by atoms with Gasteiger partial charge in [-0.05, 0) is 46.1 Å². The zero-order chi connectivity index (χ0) is 14.3. The first kappa shape index (κ1) is 15.7. The first-order chi connectivity index (χ1) is 9.08.